The topological polar surface area (TPSA) is 347 Å². The second-order valence-corrected chi connectivity index (χ2v) is 23.0. The third-order valence-electron chi connectivity index (χ3n) is 20.9. The van der Waals surface area contributed by atoms with Gasteiger partial charge in [-0.15, -0.1) is 0 Å². The van der Waals surface area contributed by atoms with Crippen LogP contribution in [-0.2, 0) is 115 Å². The summed E-state index contributed by atoms with van der Waals surface area (Å²) in [6.07, 6.45) is 4.43. The van der Waals surface area contributed by atoms with Crippen molar-refractivity contribution in [2.24, 2.45) is 147 Å². The van der Waals surface area contributed by atoms with Crippen LogP contribution in [0.15, 0.2) is 0 Å². The van der Waals surface area contributed by atoms with Crippen LogP contribution in [0.1, 0.15) is 51.4 Å². The van der Waals surface area contributed by atoms with Crippen molar-refractivity contribution in [3.63, 3.8) is 0 Å². The monoisotopic (exact) mass is 1010 g/mol. The van der Waals surface area contributed by atoms with E-state index in [-0.39, 0.29) is 120 Å². The van der Waals surface area contributed by atoms with Crippen LogP contribution in [0.25, 0.3) is 0 Å². The van der Waals surface area contributed by atoms with Crippen molar-refractivity contribution in [3.8, 4) is 0 Å². The molecule has 0 amide bonds. The van der Waals surface area contributed by atoms with Gasteiger partial charge in [0, 0.05) is 0 Å². The largest absolute Gasteiger partial charge is 0.393 e. The number of esters is 16. The second kappa shape index (κ2) is 14.7. The second-order valence-electron chi connectivity index (χ2n) is 23.0. The Balaban J connectivity index is 0.0000000909. The lowest BCUT2D eigenvalue weighted by Crippen LogP contribution is -2.53. The Hall–Kier alpha value is -6.88. The maximum absolute atomic E-state index is 12.0. The lowest BCUT2D eigenvalue weighted by molar-refractivity contribution is -0.159. The standard InChI is InChI=1S/C16H14O6.2C12H10O6.C9H6O6/c17-13-9-3-1-4(10(9)14(18)21-13)8-6-2-5(7(3)8)11-12(6)16(20)22-15(11)19;13-6-3-12(11(16)17-6)2-4-1-5(12)8-7(4)9(14)18-10(8)15;13-9-5-3-1-2-4(7(5)11(15)17-9)8-6(3)10(14)18-12(8)16;10-6-2-1-3-5(4(2)8(12)14-6)9(13)15-7(3)11/h3-12H,1-2H2;4-5,7-8H,1-3H2;3-8H,1-2H2;2-5H,1H2. The van der Waals surface area contributed by atoms with E-state index in [2.05, 4.69) is 28.4 Å². The molecule has 0 radical (unpaired) electrons. The van der Waals surface area contributed by atoms with Crippen LogP contribution in [0, 0.1) is 147 Å². The van der Waals surface area contributed by atoms with E-state index in [1.807, 2.05) is 0 Å². The summed E-state index contributed by atoms with van der Waals surface area (Å²) in [5.41, 5.74) is -0.868. The molecule has 18 fully saturated rings. The maximum Gasteiger partial charge on any atom is 0.320 e. The minimum absolute atomic E-state index is 0.0302. The van der Waals surface area contributed by atoms with Crippen molar-refractivity contribution in [3.05, 3.63) is 0 Å². The summed E-state index contributed by atoms with van der Waals surface area (Å²) in [4.78, 5) is 186. The Labute approximate surface area is 408 Å². The van der Waals surface area contributed by atoms with Crippen molar-refractivity contribution >= 4 is 95.5 Å². The van der Waals surface area contributed by atoms with Gasteiger partial charge < -0.3 is 37.9 Å². The van der Waals surface area contributed by atoms with Gasteiger partial charge in [-0.05, 0) is 104 Å². The molecule has 18 rings (SSSR count). The van der Waals surface area contributed by atoms with Crippen molar-refractivity contribution < 1.29 is 115 Å². The molecule has 24 nitrogen and oxygen atoms in total. The van der Waals surface area contributed by atoms with E-state index >= 15 is 0 Å². The molecule has 73 heavy (non-hydrogen) atoms. The van der Waals surface area contributed by atoms with Crippen LogP contribution in [0.3, 0.4) is 0 Å². The number of carbonyl (C=O) groups excluding carboxylic acids is 16. The van der Waals surface area contributed by atoms with Gasteiger partial charge in [0.1, 0.15) is 0 Å². The van der Waals surface area contributed by atoms with E-state index in [1.54, 1.807) is 0 Å². The number of carbonyl (C=O) groups is 16. The third-order valence-corrected chi connectivity index (χ3v) is 20.9. The minimum Gasteiger partial charge on any atom is -0.393 e. The van der Waals surface area contributed by atoms with Gasteiger partial charge in [-0.1, -0.05) is 0 Å². The van der Waals surface area contributed by atoms with Crippen molar-refractivity contribution in [1.82, 2.24) is 0 Å². The highest BCUT2D eigenvalue weighted by Crippen LogP contribution is 2.75. The molecule has 0 aromatic carbocycles. The molecule has 8 heterocycles. The van der Waals surface area contributed by atoms with Gasteiger partial charge >= 0.3 is 95.5 Å². The predicted molar refractivity (Wildman–Crippen MR) is 212 cm³/mol. The first kappa shape index (κ1) is 44.8. The third kappa shape index (κ3) is 5.55. The molecule has 18 aliphatic rings. The van der Waals surface area contributed by atoms with E-state index in [0.717, 1.165) is 12.8 Å². The molecular formula is C49H40O24. The van der Waals surface area contributed by atoms with Crippen LogP contribution in [-0.4, -0.2) is 95.5 Å². The summed E-state index contributed by atoms with van der Waals surface area (Å²) in [7, 11) is 0. The fourth-order valence-corrected chi connectivity index (χ4v) is 18.9. The molecule has 8 aliphatic heterocycles. The van der Waals surface area contributed by atoms with Crippen LogP contribution in [0.5, 0.6) is 0 Å². The molecule has 1 spiro atoms. The minimum atomic E-state index is -0.868. The zero-order chi connectivity index (χ0) is 50.9. The van der Waals surface area contributed by atoms with E-state index in [1.165, 1.54) is 0 Å². The van der Waals surface area contributed by atoms with Gasteiger partial charge in [-0.25, -0.2) is 0 Å². The Morgan fingerprint density at radius 1 is 0.301 bits per heavy atom. The molecule has 8 saturated heterocycles. The Kier molecular flexibility index (Phi) is 9.00. The Morgan fingerprint density at radius 2 is 0.616 bits per heavy atom. The fourth-order valence-electron chi connectivity index (χ4n) is 18.9. The average molecular weight is 1010 g/mol. The Bertz CT molecular complexity index is 2630. The predicted octanol–water partition coefficient (Wildman–Crippen LogP) is -1.37. The highest BCUT2D eigenvalue weighted by molar-refractivity contribution is 6.07. The molecule has 10 saturated carbocycles. The number of hydrogen-bond acceptors (Lipinski definition) is 24. The molecule has 0 aromatic heterocycles. The quantitative estimate of drug-likeness (QED) is 0.117. The number of fused-ring (bicyclic) bond motifs is 25. The van der Waals surface area contributed by atoms with Crippen molar-refractivity contribution in [1.29, 1.82) is 0 Å². The van der Waals surface area contributed by atoms with Crippen LogP contribution >= 0.6 is 0 Å². The lowest BCUT2D eigenvalue weighted by Gasteiger charge is -2.46. The maximum atomic E-state index is 12.0. The molecule has 0 N–H and O–H groups in total. The summed E-state index contributed by atoms with van der Waals surface area (Å²) in [6, 6.07) is 0. The highest BCUT2D eigenvalue weighted by Gasteiger charge is 2.78. The molecule has 0 aromatic rings. The number of ether oxygens (including phenoxy) is 8. The van der Waals surface area contributed by atoms with Crippen molar-refractivity contribution in [2.45, 2.75) is 51.4 Å². The van der Waals surface area contributed by atoms with Gasteiger partial charge in [-0.3, -0.25) is 76.7 Å². The fraction of sp³-hybridized carbons (Fsp3) is 0.673. The molecular weight excluding hydrogens is 973 g/mol. The van der Waals surface area contributed by atoms with Crippen LogP contribution in [0.2, 0.25) is 0 Å². The van der Waals surface area contributed by atoms with Gasteiger partial charge in [0.15, 0.2) is 0 Å². The molecule has 21 unspecified atom stereocenters. The summed E-state index contributed by atoms with van der Waals surface area (Å²) >= 11 is 0. The summed E-state index contributed by atoms with van der Waals surface area (Å²) in [5.74, 6) is -15.2. The smallest absolute Gasteiger partial charge is 0.320 e. The normalized spacial score (nSPS) is 50.8. The average Bonchev–Trinajstić information content (AvgIpc) is 4.18. The Morgan fingerprint density at radius 3 is 0.973 bits per heavy atom. The summed E-state index contributed by atoms with van der Waals surface area (Å²) < 4.78 is 37.2. The first-order valence-electron chi connectivity index (χ1n) is 24.8. The van der Waals surface area contributed by atoms with E-state index in [0.29, 0.717) is 25.7 Å². The van der Waals surface area contributed by atoms with Gasteiger partial charge in [-0.2, -0.15) is 0 Å². The first-order chi connectivity index (χ1) is 34.8. The summed E-state index contributed by atoms with van der Waals surface area (Å²) in [6.45, 7) is 0. The summed E-state index contributed by atoms with van der Waals surface area (Å²) in [5, 5.41) is 0. The molecule has 10 aliphatic carbocycles. The van der Waals surface area contributed by atoms with E-state index < -0.39 is 136 Å². The zero-order valence-corrected chi connectivity index (χ0v) is 37.8. The van der Waals surface area contributed by atoms with Gasteiger partial charge in [0.2, 0.25) is 0 Å². The lowest BCUT2D eigenvalue weighted by atomic mass is 9.51. The highest BCUT2D eigenvalue weighted by atomic mass is 16.6. The van der Waals surface area contributed by atoms with E-state index in [4.69, 9.17) is 9.47 Å². The van der Waals surface area contributed by atoms with Crippen LogP contribution in [0.4, 0.5) is 0 Å². The van der Waals surface area contributed by atoms with Gasteiger partial charge in [0.05, 0.1) is 94.7 Å². The molecule has 380 valence electrons. The van der Waals surface area contributed by atoms with Crippen LogP contribution < -0.4 is 0 Å². The molecule has 8 bridgehead atoms. The molecule has 24 heteroatoms. The SMILES string of the molecule is O=C1CC2(CC3CC2C2C(=O)OC(=O)C32)C(=O)O1.O=C1OC(=O)C2C1CC1C(=O)OC(=O)C12.O=C1OC(=O)C2C3CC(C12)C1C2CC(C4C(=O)OC(=O)C24)C31.O=C1OC(=O)C2C3CCC(C12)C1C(=O)OC(=O)C31. The van der Waals surface area contributed by atoms with E-state index in [9.17, 15) is 76.7 Å². The van der Waals surface area contributed by atoms with Crippen molar-refractivity contribution in [2.75, 3.05) is 0 Å². The first-order valence-corrected chi connectivity index (χ1v) is 24.8. The molecule has 21 atom stereocenters. The number of rotatable bonds is 0. The number of cyclic esters (lactones) is 16. The van der Waals surface area contributed by atoms with Gasteiger partial charge in [0.25, 0.3) is 0 Å². The number of hydrogen-bond donors (Lipinski definition) is 0. The zero-order valence-electron chi connectivity index (χ0n) is 37.8.